The molecule has 0 heterocycles. The first kappa shape index (κ1) is 15.8. The number of aliphatic hydroxyl groups excluding tert-OH is 1. The van der Waals surface area contributed by atoms with Gasteiger partial charge in [-0.25, -0.2) is 4.79 Å². The van der Waals surface area contributed by atoms with Crippen molar-refractivity contribution in [3.63, 3.8) is 0 Å². The first-order valence-electron chi connectivity index (χ1n) is 7.43. The molecule has 1 aromatic carbocycles. The first-order chi connectivity index (χ1) is 9.64. The zero-order chi connectivity index (χ0) is 15.8. The largest absolute Gasteiger partial charge is 0.444 e. The van der Waals surface area contributed by atoms with Crippen LogP contribution in [0.3, 0.4) is 0 Å². The van der Waals surface area contributed by atoms with Crippen LogP contribution in [0.15, 0.2) is 18.2 Å². The van der Waals surface area contributed by atoms with Crippen LogP contribution in [0.5, 0.6) is 0 Å². The molecule has 0 saturated heterocycles. The zero-order valence-corrected chi connectivity index (χ0v) is 13.5. The summed E-state index contributed by atoms with van der Waals surface area (Å²) < 4.78 is 5.29. The Morgan fingerprint density at radius 3 is 2.48 bits per heavy atom. The van der Waals surface area contributed by atoms with Crippen molar-refractivity contribution < 1.29 is 14.6 Å². The number of benzene rings is 1. The summed E-state index contributed by atoms with van der Waals surface area (Å²) in [5.74, 6) is 0. The third kappa shape index (κ3) is 3.56. The number of carbonyl (C=O) groups excluding carboxylic acids is 1. The highest BCUT2D eigenvalue weighted by molar-refractivity contribution is 5.86. The summed E-state index contributed by atoms with van der Waals surface area (Å²) in [6, 6.07) is 5.97. The molecule has 0 bridgehead atoms. The van der Waals surface area contributed by atoms with E-state index in [0.717, 1.165) is 29.7 Å². The highest BCUT2D eigenvalue weighted by atomic mass is 16.6. The summed E-state index contributed by atoms with van der Waals surface area (Å²) in [6.45, 7) is 9.28. The third-order valence-electron chi connectivity index (χ3n) is 4.04. The Labute approximate surface area is 126 Å². The second kappa shape index (κ2) is 5.34. The van der Waals surface area contributed by atoms with Crippen molar-refractivity contribution in [1.82, 2.24) is 0 Å². The number of hydrogen-bond donors (Lipinski definition) is 2. The maximum absolute atomic E-state index is 11.9. The second-order valence-electron chi connectivity index (χ2n) is 6.99. The molecular weight excluding hydrogens is 266 g/mol. The van der Waals surface area contributed by atoms with Crippen LogP contribution < -0.4 is 5.32 Å². The van der Waals surface area contributed by atoms with Crippen LogP contribution in [-0.4, -0.2) is 22.9 Å². The molecule has 0 aromatic heterocycles. The summed E-state index contributed by atoms with van der Waals surface area (Å²) in [6.07, 6.45) is 1.14. The summed E-state index contributed by atoms with van der Waals surface area (Å²) >= 11 is 0. The fraction of sp³-hybridized carbons (Fsp3) is 0.588. The van der Waals surface area contributed by atoms with E-state index < -0.39 is 11.7 Å². The van der Waals surface area contributed by atoms with Crippen molar-refractivity contribution in [3.05, 3.63) is 29.3 Å². The molecule has 0 radical (unpaired) electrons. The molecule has 4 nitrogen and oxygen atoms in total. The van der Waals surface area contributed by atoms with E-state index in [1.54, 1.807) is 0 Å². The van der Waals surface area contributed by atoms with Crippen molar-refractivity contribution in [1.29, 1.82) is 0 Å². The number of amides is 1. The van der Waals surface area contributed by atoms with Gasteiger partial charge in [0, 0.05) is 11.1 Å². The molecule has 116 valence electrons. The van der Waals surface area contributed by atoms with E-state index in [4.69, 9.17) is 4.74 Å². The van der Waals surface area contributed by atoms with Crippen molar-refractivity contribution in [2.45, 2.75) is 64.6 Å². The molecule has 2 N–H and O–H groups in total. The average Bonchev–Trinajstić information content (AvgIpc) is 3.10. The molecule has 1 aliphatic carbocycles. The summed E-state index contributed by atoms with van der Waals surface area (Å²) in [7, 11) is 0. The van der Waals surface area contributed by atoms with Gasteiger partial charge in [-0.2, -0.15) is 0 Å². The molecule has 0 spiro atoms. The van der Waals surface area contributed by atoms with Crippen molar-refractivity contribution in [3.8, 4) is 0 Å². The minimum Gasteiger partial charge on any atom is -0.444 e. The van der Waals surface area contributed by atoms with Crippen LogP contribution in [0.2, 0.25) is 0 Å². The number of hydrogen-bond acceptors (Lipinski definition) is 3. The molecule has 2 rings (SSSR count). The van der Waals surface area contributed by atoms with Gasteiger partial charge in [0.2, 0.25) is 0 Å². The molecule has 1 unspecified atom stereocenters. The van der Waals surface area contributed by atoms with Gasteiger partial charge in [-0.15, -0.1) is 0 Å². The standard InChI is InChI=1S/C17H25NO3/c1-11-6-7-13(17(8-9-17)12(2)19)10-14(11)18-15(20)21-16(3,4)5/h6-7,10,12,19H,8-9H2,1-5H3,(H,18,20). The smallest absolute Gasteiger partial charge is 0.412 e. The molecule has 1 amide bonds. The van der Waals surface area contributed by atoms with Gasteiger partial charge in [0.25, 0.3) is 0 Å². The molecule has 1 saturated carbocycles. The number of rotatable bonds is 3. The molecule has 4 heteroatoms. The van der Waals surface area contributed by atoms with Gasteiger partial charge in [-0.05, 0) is 64.7 Å². The van der Waals surface area contributed by atoms with Crippen LogP contribution in [0.25, 0.3) is 0 Å². The minimum absolute atomic E-state index is 0.141. The quantitative estimate of drug-likeness (QED) is 0.891. The highest BCUT2D eigenvalue weighted by Crippen LogP contribution is 2.51. The van der Waals surface area contributed by atoms with Crippen LogP contribution in [0.4, 0.5) is 10.5 Å². The van der Waals surface area contributed by atoms with E-state index in [1.165, 1.54) is 0 Å². The number of nitrogens with one attached hydrogen (secondary N) is 1. The Morgan fingerprint density at radius 1 is 1.38 bits per heavy atom. The van der Waals surface area contributed by atoms with Gasteiger partial charge >= 0.3 is 6.09 Å². The molecule has 1 fully saturated rings. The van der Waals surface area contributed by atoms with Gasteiger partial charge < -0.3 is 9.84 Å². The molecule has 1 aromatic rings. The van der Waals surface area contributed by atoms with Crippen LogP contribution in [-0.2, 0) is 10.2 Å². The minimum atomic E-state index is -0.521. The van der Waals surface area contributed by atoms with Gasteiger partial charge in [0.15, 0.2) is 0 Å². The van der Waals surface area contributed by atoms with Gasteiger partial charge in [-0.1, -0.05) is 12.1 Å². The van der Waals surface area contributed by atoms with Crippen LogP contribution >= 0.6 is 0 Å². The normalized spacial score (nSPS) is 18.0. The SMILES string of the molecule is Cc1ccc(C2(C(C)O)CC2)cc1NC(=O)OC(C)(C)C. The van der Waals surface area contributed by atoms with E-state index in [-0.39, 0.29) is 11.5 Å². The fourth-order valence-electron chi connectivity index (χ4n) is 2.56. The van der Waals surface area contributed by atoms with Crippen LogP contribution in [0, 0.1) is 6.92 Å². The Kier molecular flexibility index (Phi) is 4.02. The van der Waals surface area contributed by atoms with Gasteiger partial charge in [0.05, 0.1) is 6.10 Å². The Bertz CT molecular complexity index is 539. The monoisotopic (exact) mass is 291 g/mol. The van der Waals surface area contributed by atoms with Gasteiger partial charge in [0.1, 0.15) is 5.60 Å². The molecule has 1 aliphatic rings. The van der Waals surface area contributed by atoms with E-state index in [9.17, 15) is 9.90 Å². The first-order valence-corrected chi connectivity index (χ1v) is 7.43. The number of aliphatic hydroxyl groups is 1. The van der Waals surface area contributed by atoms with Crippen LogP contribution in [0.1, 0.15) is 51.7 Å². The van der Waals surface area contributed by atoms with E-state index >= 15 is 0 Å². The summed E-state index contributed by atoms with van der Waals surface area (Å²) in [5, 5.41) is 12.8. The summed E-state index contributed by atoms with van der Waals surface area (Å²) in [5.41, 5.74) is 2.14. The Hall–Kier alpha value is -1.55. The molecule has 1 atom stereocenters. The molecular formula is C17H25NO3. The number of carbonyl (C=O) groups is 1. The third-order valence-corrected chi connectivity index (χ3v) is 4.04. The predicted molar refractivity (Wildman–Crippen MR) is 83.6 cm³/mol. The number of ether oxygens (including phenoxy) is 1. The van der Waals surface area contributed by atoms with E-state index in [0.29, 0.717) is 0 Å². The van der Waals surface area contributed by atoms with Crippen molar-refractivity contribution in [2.75, 3.05) is 5.32 Å². The number of aryl methyl sites for hydroxylation is 1. The van der Waals surface area contributed by atoms with Gasteiger partial charge in [-0.3, -0.25) is 5.32 Å². The molecule has 21 heavy (non-hydrogen) atoms. The topological polar surface area (TPSA) is 58.6 Å². The van der Waals surface area contributed by atoms with E-state index in [2.05, 4.69) is 5.32 Å². The Morgan fingerprint density at radius 2 is 2.00 bits per heavy atom. The number of anilines is 1. The lowest BCUT2D eigenvalue weighted by atomic mass is 9.90. The fourth-order valence-corrected chi connectivity index (χ4v) is 2.56. The maximum Gasteiger partial charge on any atom is 0.412 e. The van der Waals surface area contributed by atoms with Crippen molar-refractivity contribution in [2.24, 2.45) is 0 Å². The lowest BCUT2D eigenvalue weighted by molar-refractivity contribution is 0.0636. The lowest BCUT2D eigenvalue weighted by Gasteiger charge is -2.22. The summed E-state index contributed by atoms with van der Waals surface area (Å²) in [4.78, 5) is 11.9. The zero-order valence-electron chi connectivity index (χ0n) is 13.5. The highest BCUT2D eigenvalue weighted by Gasteiger charge is 2.48. The maximum atomic E-state index is 11.9. The van der Waals surface area contributed by atoms with E-state index in [1.807, 2.05) is 52.8 Å². The second-order valence-corrected chi connectivity index (χ2v) is 6.99. The predicted octanol–water partition coefficient (Wildman–Crippen LogP) is 3.75. The molecule has 0 aliphatic heterocycles. The lowest BCUT2D eigenvalue weighted by Crippen LogP contribution is -2.28. The Balaban J connectivity index is 2.19. The average molecular weight is 291 g/mol. The van der Waals surface area contributed by atoms with Crippen molar-refractivity contribution >= 4 is 11.8 Å².